The number of carbonyl (C=O) groups excluding carboxylic acids is 1. The molecule has 6 nitrogen and oxygen atoms in total. The van der Waals surface area contributed by atoms with Crippen LogP contribution in [0.2, 0.25) is 5.02 Å². The SMILES string of the molecule is COc1ccc(CN(C(=O)c2ccc(Cl)c(S(=O)(=O)Nc3ccc(F)cc3)c2)C2CC2)cc1. The summed E-state index contributed by atoms with van der Waals surface area (Å²) in [5, 5.41) is -0.0192. The van der Waals surface area contributed by atoms with Crippen LogP contribution in [0, 0.1) is 5.82 Å². The molecule has 0 saturated heterocycles. The van der Waals surface area contributed by atoms with Crippen molar-refractivity contribution in [3.63, 3.8) is 0 Å². The molecule has 0 aromatic heterocycles. The number of hydrogen-bond donors (Lipinski definition) is 1. The van der Waals surface area contributed by atoms with Crippen LogP contribution >= 0.6 is 11.6 Å². The van der Waals surface area contributed by atoms with Crippen molar-refractivity contribution in [2.75, 3.05) is 11.8 Å². The van der Waals surface area contributed by atoms with Gasteiger partial charge in [0.2, 0.25) is 0 Å². The average Bonchev–Trinajstić information content (AvgIpc) is 3.64. The van der Waals surface area contributed by atoms with E-state index in [1.54, 1.807) is 12.0 Å². The van der Waals surface area contributed by atoms with Crippen molar-refractivity contribution in [2.45, 2.75) is 30.3 Å². The lowest BCUT2D eigenvalue weighted by Crippen LogP contribution is -2.32. The third-order valence-corrected chi connectivity index (χ3v) is 7.19. The Morgan fingerprint density at radius 2 is 1.76 bits per heavy atom. The first-order chi connectivity index (χ1) is 15.8. The van der Waals surface area contributed by atoms with Gasteiger partial charge < -0.3 is 9.64 Å². The summed E-state index contributed by atoms with van der Waals surface area (Å²) in [4.78, 5) is 14.9. The number of nitrogens with zero attached hydrogens (tertiary/aromatic N) is 1. The predicted octanol–water partition coefficient (Wildman–Crippen LogP) is 5.09. The summed E-state index contributed by atoms with van der Waals surface area (Å²) >= 11 is 6.17. The van der Waals surface area contributed by atoms with Gasteiger partial charge in [-0.2, -0.15) is 0 Å². The van der Waals surface area contributed by atoms with Gasteiger partial charge in [0.1, 0.15) is 16.5 Å². The highest BCUT2D eigenvalue weighted by Gasteiger charge is 2.33. The number of rotatable bonds is 8. The number of nitrogens with one attached hydrogen (secondary N) is 1. The van der Waals surface area contributed by atoms with Crippen molar-refractivity contribution in [3.05, 3.63) is 88.7 Å². The molecule has 1 N–H and O–H groups in total. The van der Waals surface area contributed by atoms with Crippen LogP contribution in [0.1, 0.15) is 28.8 Å². The van der Waals surface area contributed by atoms with Crippen molar-refractivity contribution in [2.24, 2.45) is 0 Å². The van der Waals surface area contributed by atoms with E-state index in [2.05, 4.69) is 4.72 Å². The van der Waals surface area contributed by atoms with Crippen LogP contribution in [0.25, 0.3) is 0 Å². The molecule has 0 aliphatic heterocycles. The lowest BCUT2D eigenvalue weighted by atomic mass is 10.1. The van der Waals surface area contributed by atoms with Gasteiger partial charge >= 0.3 is 0 Å². The third kappa shape index (κ3) is 5.46. The molecule has 9 heteroatoms. The quantitative estimate of drug-likeness (QED) is 0.479. The molecule has 0 bridgehead atoms. The molecule has 1 amide bonds. The van der Waals surface area contributed by atoms with E-state index in [4.69, 9.17) is 16.3 Å². The van der Waals surface area contributed by atoms with Crippen molar-refractivity contribution >= 4 is 33.2 Å². The second-order valence-electron chi connectivity index (χ2n) is 7.77. The first kappa shape index (κ1) is 23.1. The summed E-state index contributed by atoms with van der Waals surface area (Å²) in [5.74, 6) is -0.0342. The molecule has 1 saturated carbocycles. The maximum atomic E-state index is 13.3. The Kier molecular flexibility index (Phi) is 6.58. The molecular formula is C24H22ClFN2O4S. The predicted molar refractivity (Wildman–Crippen MR) is 125 cm³/mol. The topological polar surface area (TPSA) is 75.7 Å². The third-order valence-electron chi connectivity index (χ3n) is 5.32. The lowest BCUT2D eigenvalue weighted by Gasteiger charge is -2.23. The monoisotopic (exact) mass is 488 g/mol. The molecule has 0 radical (unpaired) electrons. The molecule has 172 valence electrons. The minimum absolute atomic E-state index is 0.0192. The van der Waals surface area contributed by atoms with E-state index in [0.29, 0.717) is 6.54 Å². The van der Waals surface area contributed by atoms with E-state index in [-0.39, 0.29) is 33.1 Å². The van der Waals surface area contributed by atoms with Crippen LogP contribution in [-0.2, 0) is 16.6 Å². The fraction of sp³-hybridized carbons (Fsp3) is 0.208. The zero-order chi connectivity index (χ0) is 23.6. The Labute approximate surface area is 197 Å². The van der Waals surface area contributed by atoms with Crippen LogP contribution in [0.5, 0.6) is 5.75 Å². The van der Waals surface area contributed by atoms with Gasteiger partial charge in [-0.05, 0) is 73.0 Å². The number of halogens is 2. The number of hydrogen-bond acceptors (Lipinski definition) is 4. The van der Waals surface area contributed by atoms with Crippen LogP contribution in [0.4, 0.5) is 10.1 Å². The molecule has 0 unspecified atom stereocenters. The van der Waals surface area contributed by atoms with E-state index in [9.17, 15) is 17.6 Å². The Balaban J connectivity index is 1.59. The Hall–Kier alpha value is -3.10. The van der Waals surface area contributed by atoms with Gasteiger partial charge in [-0.15, -0.1) is 0 Å². The van der Waals surface area contributed by atoms with Gasteiger partial charge in [0.25, 0.3) is 15.9 Å². The molecule has 3 aromatic rings. The fourth-order valence-electron chi connectivity index (χ4n) is 3.42. The van der Waals surface area contributed by atoms with Crippen LogP contribution in [0.3, 0.4) is 0 Å². The second kappa shape index (κ2) is 9.41. The first-order valence-electron chi connectivity index (χ1n) is 10.3. The fourth-order valence-corrected chi connectivity index (χ4v) is 5.00. The van der Waals surface area contributed by atoms with Gasteiger partial charge in [-0.3, -0.25) is 9.52 Å². The van der Waals surface area contributed by atoms with E-state index in [0.717, 1.165) is 36.3 Å². The van der Waals surface area contributed by atoms with Crippen LogP contribution in [0.15, 0.2) is 71.6 Å². The molecule has 1 fully saturated rings. The Morgan fingerprint density at radius 1 is 1.09 bits per heavy atom. The van der Waals surface area contributed by atoms with Crippen LogP contribution in [-0.4, -0.2) is 32.4 Å². The van der Waals surface area contributed by atoms with Crippen molar-refractivity contribution < 1.29 is 22.3 Å². The number of benzene rings is 3. The smallest absolute Gasteiger partial charge is 0.263 e. The number of carbonyl (C=O) groups is 1. The molecule has 0 heterocycles. The van der Waals surface area contributed by atoms with Gasteiger partial charge in [0.15, 0.2) is 0 Å². The normalized spacial score (nSPS) is 13.4. The highest BCUT2D eigenvalue weighted by atomic mass is 35.5. The number of amides is 1. The molecule has 33 heavy (non-hydrogen) atoms. The van der Waals surface area contributed by atoms with Gasteiger partial charge in [-0.25, -0.2) is 12.8 Å². The van der Waals surface area contributed by atoms with Crippen molar-refractivity contribution in [1.29, 1.82) is 0 Å². The highest BCUT2D eigenvalue weighted by molar-refractivity contribution is 7.92. The molecule has 4 rings (SSSR count). The number of ether oxygens (including phenoxy) is 1. The van der Waals surface area contributed by atoms with Crippen LogP contribution < -0.4 is 9.46 Å². The zero-order valence-electron chi connectivity index (χ0n) is 17.8. The summed E-state index contributed by atoms with van der Waals surface area (Å²) in [7, 11) is -2.51. The van der Waals surface area contributed by atoms with E-state index < -0.39 is 15.8 Å². The Morgan fingerprint density at radius 3 is 2.36 bits per heavy atom. The van der Waals surface area contributed by atoms with Crippen molar-refractivity contribution in [1.82, 2.24) is 4.90 Å². The largest absolute Gasteiger partial charge is 0.497 e. The Bertz CT molecular complexity index is 1260. The molecule has 1 aliphatic carbocycles. The van der Waals surface area contributed by atoms with Gasteiger partial charge in [-0.1, -0.05) is 23.7 Å². The average molecular weight is 489 g/mol. The molecule has 1 aliphatic rings. The second-order valence-corrected chi connectivity index (χ2v) is 9.83. The molecule has 0 spiro atoms. The summed E-state index contributed by atoms with van der Waals surface area (Å²) in [6.45, 7) is 0.395. The maximum absolute atomic E-state index is 13.3. The van der Waals surface area contributed by atoms with E-state index in [1.165, 1.54) is 30.3 Å². The summed E-state index contributed by atoms with van der Waals surface area (Å²) in [5.41, 5.74) is 1.35. The van der Waals surface area contributed by atoms with Crippen molar-refractivity contribution in [3.8, 4) is 5.75 Å². The molecule has 0 atom stereocenters. The van der Waals surface area contributed by atoms with Gasteiger partial charge in [0.05, 0.1) is 12.1 Å². The minimum Gasteiger partial charge on any atom is -0.497 e. The highest BCUT2D eigenvalue weighted by Crippen LogP contribution is 2.32. The minimum atomic E-state index is -4.10. The maximum Gasteiger partial charge on any atom is 0.263 e. The molecular weight excluding hydrogens is 467 g/mol. The number of sulfonamides is 1. The summed E-state index contributed by atoms with van der Waals surface area (Å²) in [6, 6.07) is 16.7. The summed E-state index contributed by atoms with van der Waals surface area (Å²) in [6.07, 6.45) is 1.79. The standard InChI is InChI=1S/C24H22ClFN2O4S/c1-32-21-11-2-16(3-12-21)15-28(20-9-10-20)24(29)17-4-13-22(25)23(14-17)33(30,31)27-19-7-5-18(26)6-8-19/h2-8,11-14,20,27H,9-10,15H2,1H3. The zero-order valence-corrected chi connectivity index (χ0v) is 19.4. The summed E-state index contributed by atoms with van der Waals surface area (Å²) < 4.78 is 46.5. The van der Waals surface area contributed by atoms with Gasteiger partial charge in [0, 0.05) is 23.8 Å². The lowest BCUT2D eigenvalue weighted by molar-refractivity contribution is 0.0729. The first-order valence-corrected chi connectivity index (χ1v) is 12.1. The van der Waals surface area contributed by atoms with E-state index >= 15 is 0 Å². The van der Waals surface area contributed by atoms with E-state index in [1.807, 2.05) is 24.3 Å². The number of anilines is 1. The number of methoxy groups -OCH3 is 1. The molecule has 3 aromatic carbocycles.